The van der Waals surface area contributed by atoms with Crippen molar-refractivity contribution in [3.05, 3.63) is 63.5 Å². The minimum atomic E-state index is -3.85. The molecule has 6 nitrogen and oxygen atoms in total. The van der Waals surface area contributed by atoms with Crippen molar-refractivity contribution in [2.75, 3.05) is 20.7 Å². The molecule has 8 heteroatoms. The van der Waals surface area contributed by atoms with Crippen LogP contribution in [0.5, 0.6) is 0 Å². The summed E-state index contributed by atoms with van der Waals surface area (Å²) in [5, 5.41) is 0. The molecule has 0 atom stereocenters. The van der Waals surface area contributed by atoms with E-state index in [2.05, 4.69) is 0 Å². The summed E-state index contributed by atoms with van der Waals surface area (Å²) in [6.45, 7) is 6.99. The van der Waals surface area contributed by atoms with E-state index in [0.717, 1.165) is 44.8 Å². The minimum Gasteiger partial charge on any atom is -0.454 e. The van der Waals surface area contributed by atoms with E-state index in [9.17, 15) is 22.4 Å². The Hall–Kier alpha value is -2.58. The fourth-order valence-electron chi connectivity index (χ4n) is 2.82. The highest BCUT2D eigenvalue weighted by Gasteiger charge is 2.23. The quantitative estimate of drug-likeness (QED) is 0.528. The van der Waals surface area contributed by atoms with Gasteiger partial charge in [0, 0.05) is 19.7 Å². The molecule has 2 aromatic carbocycles. The molecular formula is C21H24FNO5S. The molecule has 0 aromatic heterocycles. The zero-order valence-electron chi connectivity index (χ0n) is 17.3. The molecule has 0 aliphatic rings. The lowest BCUT2D eigenvalue weighted by atomic mass is 9.93. The second-order valence-electron chi connectivity index (χ2n) is 7.04. The Morgan fingerprint density at radius 1 is 0.966 bits per heavy atom. The van der Waals surface area contributed by atoms with Crippen molar-refractivity contribution < 1.29 is 27.1 Å². The van der Waals surface area contributed by atoms with Gasteiger partial charge in [-0.2, -0.15) is 0 Å². The van der Waals surface area contributed by atoms with Crippen LogP contribution in [-0.2, 0) is 14.8 Å². The molecule has 29 heavy (non-hydrogen) atoms. The van der Waals surface area contributed by atoms with Crippen molar-refractivity contribution in [1.29, 1.82) is 0 Å². The molecule has 0 radical (unpaired) electrons. The normalized spacial score (nSPS) is 11.6. The summed E-state index contributed by atoms with van der Waals surface area (Å²) in [7, 11) is -1.21. The number of halogens is 1. The van der Waals surface area contributed by atoms with E-state index in [4.69, 9.17) is 4.74 Å². The van der Waals surface area contributed by atoms with Gasteiger partial charge in [-0.15, -0.1) is 0 Å². The number of Topliss-reactive ketones (excluding diaryl/α,β-unsaturated/α-hetero) is 1. The summed E-state index contributed by atoms with van der Waals surface area (Å²) in [6.07, 6.45) is 0. The highest BCUT2D eigenvalue weighted by atomic mass is 32.2. The fourth-order valence-corrected chi connectivity index (χ4v) is 3.75. The maximum Gasteiger partial charge on any atom is 0.341 e. The Labute approximate surface area is 170 Å². The zero-order chi connectivity index (χ0) is 22.1. The fraction of sp³-hybridized carbons (Fsp3) is 0.333. The first-order valence-electron chi connectivity index (χ1n) is 8.87. The number of rotatable bonds is 6. The minimum absolute atomic E-state index is 0.247. The van der Waals surface area contributed by atoms with Crippen LogP contribution in [0.15, 0.2) is 29.2 Å². The molecular weight excluding hydrogens is 397 g/mol. The van der Waals surface area contributed by atoms with Gasteiger partial charge in [0.25, 0.3) is 0 Å². The van der Waals surface area contributed by atoms with Crippen molar-refractivity contribution in [2.24, 2.45) is 0 Å². The van der Waals surface area contributed by atoms with Gasteiger partial charge in [0.2, 0.25) is 15.8 Å². The Balaban J connectivity index is 2.25. The van der Waals surface area contributed by atoms with Gasteiger partial charge in [-0.3, -0.25) is 4.79 Å². The molecule has 0 amide bonds. The number of hydrogen-bond donors (Lipinski definition) is 0. The number of carbonyl (C=O) groups is 2. The molecule has 2 aromatic rings. The molecule has 0 fully saturated rings. The number of aryl methyl sites for hydroxylation is 1. The maximum atomic E-state index is 14.1. The molecule has 0 aliphatic carbocycles. The van der Waals surface area contributed by atoms with Crippen LogP contribution in [0.25, 0.3) is 0 Å². The lowest BCUT2D eigenvalue weighted by molar-refractivity contribution is 0.0469. The van der Waals surface area contributed by atoms with E-state index >= 15 is 0 Å². The van der Waals surface area contributed by atoms with E-state index in [0.29, 0.717) is 5.56 Å². The van der Waals surface area contributed by atoms with Gasteiger partial charge in [0.05, 0.1) is 10.5 Å². The number of ether oxygens (including phenoxy) is 1. The van der Waals surface area contributed by atoms with Gasteiger partial charge in [-0.05, 0) is 74.2 Å². The number of hydrogen-bond acceptors (Lipinski definition) is 5. The van der Waals surface area contributed by atoms with E-state index in [1.807, 2.05) is 27.7 Å². The summed E-state index contributed by atoms with van der Waals surface area (Å²) >= 11 is 0. The van der Waals surface area contributed by atoms with Crippen LogP contribution < -0.4 is 0 Å². The Bertz CT molecular complexity index is 1090. The SMILES string of the molecule is Cc1cc(C(=O)COC(=O)c2cc(S(=O)(=O)N(C)C)ccc2F)c(C)c(C)c1C. The summed E-state index contributed by atoms with van der Waals surface area (Å²) < 4.78 is 44.4. The van der Waals surface area contributed by atoms with Gasteiger partial charge in [-0.1, -0.05) is 0 Å². The molecule has 0 unspecified atom stereocenters. The Kier molecular flexibility index (Phi) is 6.60. The van der Waals surface area contributed by atoms with Crippen molar-refractivity contribution >= 4 is 21.8 Å². The van der Waals surface area contributed by atoms with Gasteiger partial charge in [0.1, 0.15) is 5.82 Å². The van der Waals surface area contributed by atoms with Crippen molar-refractivity contribution in [1.82, 2.24) is 4.31 Å². The van der Waals surface area contributed by atoms with Crippen LogP contribution in [0.2, 0.25) is 0 Å². The van der Waals surface area contributed by atoms with Crippen molar-refractivity contribution in [2.45, 2.75) is 32.6 Å². The van der Waals surface area contributed by atoms with Gasteiger partial charge in [0.15, 0.2) is 6.61 Å². The summed E-state index contributed by atoms with van der Waals surface area (Å²) in [5.74, 6) is -2.46. The first-order valence-corrected chi connectivity index (χ1v) is 10.3. The zero-order valence-corrected chi connectivity index (χ0v) is 18.1. The Morgan fingerprint density at radius 2 is 1.59 bits per heavy atom. The number of ketones is 1. The van der Waals surface area contributed by atoms with E-state index in [-0.39, 0.29) is 4.90 Å². The van der Waals surface area contributed by atoms with E-state index in [1.165, 1.54) is 14.1 Å². The number of benzene rings is 2. The maximum absolute atomic E-state index is 14.1. The third kappa shape index (κ3) is 4.54. The monoisotopic (exact) mass is 421 g/mol. The van der Waals surface area contributed by atoms with Crippen LogP contribution >= 0.6 is 0 Å². The van der Waals surface area contributed by atoms with Crippen LogP contribution in [0.1, 0.15) is 43.0 Å². The highest BCUT2D eigenvalue weighted by molar-refractivity contribution is 7.89. The molecule has 0 N–H and O–H groups in total. The van der Waals surface area contributed by atoms with Crippen LogP contribution in [0, 0.1) is 33.5 Å². The lowest BCUT2D eigenvalue weighted by Gasteiger charge is -2.14. The summed E-state index contributed by atoms with van der Waals surface area (Å²) in [5.41, 5.74) is 3.68. The summed E-state index contributed by atoms with van der Waals surface area (Å²) in [6, 6.07) is 4.58. The molecule has 0 aliphatic heterocycles. The van der Waals surface area contributed by atoms with Crippen LogP contribution in [0.4, 0.5) is 4.39 Å². The third-order valence-corrected chi connectivity index (χ3v) is 6.86. The van der Waals surface area contributed by atoms with Gasteiger partial charge >= 0.3 is 5.97 Å². The average Bonchev–Trinajstić information content (AvgIpc) is 2.66. The molecule has 0 heterocycles. The topological polar surface area (TPSA) is 80.8 Å². The predicted octanol–water partition coefficient (Wildman–Crippen LogP) is 3.35. The molecule has 0 saturated carbocycles. The third-order valence-electron chi connectivity index (χ3n) is 5.05. The molecule has 2 rings (SSSR count). The van der Waals surface area contributed by atoms with Crippen LogP contribution in [-0.4, -0.2) is 45.2 Å². The standard InChI is InChI=1S/C21H24FNO5S/c1-12-9-17(15(4)14(3)13(12)2)20(24)11-28-21(25)18-10-16(7-8-19(18)22)29(26,27)23(5)6/h7-10H,11H2,1-6H3. The van der Waals surface area contributed by atoms with Crippen molar-refractivity contribution in [3.63, 3.8) is 0 Å². The van der Waals surface area contributed by atoms with Gasteiger partial charge < -0.3 is 4.74 Å². The first kappa shape index (κ1) is 22.7. The largest absolute Gasteiger partial charge is 0.454 e. The second kappa shape index (κ2) is 8.42. The molecule has 0 saturated heterocycles. The van der Waals surface area contributed by atoms with E-state index < -0.39 is 39.8 Å². The first-order chi connectivity index (χ1) is 13.4. The highest BCUT2D eigenvalue weighted by Crippen LogP contribution is 2.22. The Morgan fingerprint density at radius 3 is 2.17 bits per heavy atom. The van der Waals surface area contributed by atoms with Crippen molar-refractivity contribution in [3.8, 4) is 0 Å². The number of esters is 1. The molecule has 0 spiro atoms. The van der Waals surface area contributed by atoms with Gasteiger partial charge in [-0.25, -0.2) is 21.9 Å². The average molecular weight is 421 g/mol. The van der Waals surface area contributed by atoms with E-state index in [1.54, 1.807) is 6.07 Å². The second-order valence-corrected chi connectivity index (χ2v) is 9.20. The predicted molar refractivity (Wildman–Crippen MR) is 107 cm³/mol. The number of sulfonamides is 1. The smallest absolute Gasteiger partial charge is 0.341 e. The molecule has 0 bridgehead atoms. The molecule has 156 valence electrons. The number of carbonyl (C=O) groups excluding carboxylic acids is 2. The lowest BCUT2D eigenvalue weighted by Crippen LogP contribution is -2.23. The number of nitrogens with zero attached hydrogens (tertiary/aromatic N) is 1. The van der Waals surface area contributed by atoms with Crippen LogP contribution in [0.3, 0.4) is 0 Å². The summed E-state index contributed by atoms with van der Waals surface area (Å²) in [4.78, 5) is 24.6.